The first-order valence-corrected chi connectivity index (χ1v) is 12.6. The maximum Gasteiger partial charge on any atom is 0.310 e. The number of phenolic OH excluding ortho intramolecular Hbond substituents is 1. The number of cyclic esters (lactones) is 1. The lowest BCUT2D eigenvalue weighted by Crippen LogP contribution is -2.63. The Morgan fingerprint density at radius 3 is 2.68 bits per heavy atom. The number of fused-ring (bicyclic) bond motifs is 1. The van der Waals surface area contributed by atoms with Crippen molar-refractivity contribution in [1.29, 1.82) is 0 Å². The van der Waals surface area contributed by atoms with Gasteiger partial charge in [-0.15, -0.1) is 0 Å². The molecule has 12 heteroatoms. The van der Waals surface area contributed by atoms with Crippen molar-refractivity contribution < 1.29 is 38.6 Å². The van der Waals surface area contributed by atoms with Gasteiger partial charge < -0.3 is 25.2 Å². The summed E-state index contributed by atoms with van der Waals surface area (Å²) >= 11 is 0. The second-order valence-corrected chi connectivity index (χ2v) is 9.72. The number of Topliss-reactive ketones (excluding diaryl/α,β-unsaturated/α-hetero) is 1. The molecule has 4 saturated heterocycles. The minimum atomic E-state index is -0.936. The van der Waals surface area contributed by atoms with Gasteiger partial charge in [-0.2, -0.15) is 0 Å². The third kappa shape index (κ3) is 4.90. The number of nitrogens with zero attached hydrogens (tertiary/aromatic N) is 2. The van der Waals surface area contributed by atoms with Crippen LogP contribution in [0.2, 0.25) is 0 Å². The second-order valence-electron chi connectivity index (χ2n) is 9.72. The van der Waals surface area contributed by atoms with Crippen molar-refractivity contribution >= 4 is 29.5 Å². The van der Waals surface area contributed by atoms with E-state index >= 15 is 0 Å². The summed E-state index contributed by atoms with van der Waals surface area (Å²) in [5.41, 5.74) is 0.406. The molecule has 0 saturated carbocycles. The minimum Gasteiger partial charge on any atom is -0.508 e. The highest BCUT2D eigenvalue weighted by Crippen LogP contribution is 2.34. The summed E-state index contributed by atoms with van der Waals surface area (Å²) in [6.07, 6.45) is 0.317. The van der Waals surface area contributed by atoms with Crippen LogP contribution in [0.15, 0.2) is 24.3 Å². The average molecular weight is 515 g/mol. The standard InChI is InChI=1S/C25H30N4O8/c1-2-36-25-16(12-19(32)37-25)26-23(34)17-4-3-11-28-18(31)10-9-15(24(35)29(17)28)20-21(27-20)22(33)13-5-7-14(30)8-6-13/h5-8,15-17,20-21,25,27,30H,2-4,9-12H2,1H3,(H,26,34)/t15-,16+,17+,20?,21?,25?/m1/s1. The Labute approximate surface area is 213 Å². The number of phenols is 1. The summed E-state index contributed by atoms with van der Waals surface area (Å²) < 4.78 is 10.5. The molecule has 1 aromatic carbocycles. The van der Waals surface area contributed by atoms with E-state index < -0.39 is 48.3 Å². The Morgan fingerprint density at radius 1 is 1.19 bits per heavy atom. The van der Waals surface area contributed by atoms with E-state index in [4.69, 9.17) is 9.47 Å². The number of ether oxygens (including phenoxy) is 2. The van der Waals surface area contributed by atoms with Crippen LogP contribution in [-0.4, -0.2) is 88.2 Å². The van der Waals surface area contributed by atoms with E-state index in [2.05, 4.69) is 10.6 Å². The predicted molar refractivity (Wildman–Crippen MR) is 126 cm³/mol. The van der Waals surface area contributed by atoms with E-state index in [0.29, 0.717) is 31.6 Å². The number of amides is 3. The van der Waals surface area contributed by atoms with Crippen molar-refractivity contribution in [2.75, 3.05) is 13.2 Å². The zero-order chi connectivity index (χ0) is 26.3. The van der Waals surface area contributed by atoms with E-state index in [9.17, 15) is 29.1 Å². The van der Waals surface area contributed by atoms with Crippen LogP contribution < -0.4 is 10.6 Å². The molecule has 4 aliphatic rings. The van der Waals surface area contributed by atoms with Crippen LogP contribution in [0.5, 0.6) is 5.75 Å². The largest absolute Gasteiger partial charge is 0.508 e. The number of aromatic hydroxyl groups is 1. The molecule has 37 heavy (non-hydrogen) atoms. The van der Waals surface area contributed by atoms with Crippen molar-refractivity contribution in [3.63, 3.8) is 0 Å². The van der Waals surface area contributed by atoms with Crippen molar-refractivity contribution in [3.8, 4) is 5.75 Å². The number of hydrogen-bond donors (Lipinski definition) is 3. The molecule has 4 aliphatic heterocycles. The Kier molecular flexibility index (Phi) is 6.86. The first kappa shape index (κ1) is 25.2. The fourth-order valence-corrected chi connectivity index (χ4v) is 5.42. The van der Waals surface area contributed by atoms with Crippen molar-refractivity contribution in [3.05, 3.63) is 29.8 Å². The Bertz CT molecular complexity index is 1110. The van der Waals surface area contributed by atoms with Gasteiger partial charge in [-0.3, -0.25) is 29.0 Å². The molecule has 3 N–H and O–H groups in total. The van der Waals surface area contributed by atoms with Crippen molar-refractivity contribution in [2.45, 2.75) is 69.5 Å². The summed E-state index contributed by atoms with van der Waals surface area (Å²) in [6, 6.07) is 3.21. The van der Waals surface area contributed by atoms with E-state index in [1.807, 2.05) is 0 Å². The van der Waals surface area contributed by atoms with E-state index in [1.54, 1.807) is 6.92 Å². The highest BCUT2D eigenvalue weighted by molar-refractivity contribution is 6.03. The number of ketones is 1. The molecule has 3 amide bonds. The molecule has 0 aromatic heterocycles. The van der Waals surface area contributed by atoms with Gasteiger partial charge in [0.15, 0.2) is 5.78 Å². The lowest BCUT2D eigenvalue weighted by atomic mass is 9.93. The molecule has 6 atom stereocenters. The van der Waals surface area contributed by atoms with E-state index in [-0.39, 0.29) is 42.6 Å². The summed E-state index contributed by atoms with van der Waals surface area (Å²) in [5, 5.41) is 18.0. The van der Waals surface area contributed by atoms with Crippen LogP contribution in [0, 0.1) is 5.92 Å². The normalized spacial score (nSPS) is 31.4. The first-order chi connectivity index (χ1) is 17.8. The average Bonchev–Trinajstić information content (AvgIpc) is 3.61. The third-order valence-electron chi connectivity index (χ3n) is 7.32. The summed E-state index contributed by atoms with van der Waals surface area (Å²) in [5.74, 6) is -2.43. The fraction of sp³-hybridized carbons (Fsp3) is 0.560. The SMILES string of the molecule is CCOC1OC(=O)C[C@@H]1NC(=O)[C@@H]1CCCN2C(=O)CC[C@H](C3NC3C(=O)c3ccc(O)cc3)C(=O)N12. The van der Waals surface area contributed by atoms with Crippen molar-refractivity contribution in [2.24, 2.45) is 5.92 Å². The third-order valence-corrected chi connectivity index (χ3v) is 7.32. The molecular formula is C25H30N4O8. The van der Waals surface area contributed by atoms with Crippen molar-refractivity contribution in [1.82, 2.24) is 20.7 Å². The minimum absolute atomic E-state index is 0.0462. The highest BCUT2D eigenvalue weighted by Gasteiger charge is 2.54. The molecule has 4 heterocycles. The molecule has 4 fully saturated rings. The van der Waals surface area contributed by atoms with Gasteiger partial charge in [-0.1, -0.05) is 0 Å². The summed E-state index contributed by atoms with van der Waals surface area (Å²) in [4.78, 5) is 64.8. The number of carbonyl (C=O) groups is 5. The number of esters is 1. The molecule has 3 unspecified atom stereocenters. The molecule has 5 rings (SSSR count). The van der Waals surface area contributed by atoms with Gasteiger partial charge in [0.1, 0.15) is 17.8 Å². The van der Waals surface area contributed by atoms with E-state index in [0.717, 1.165) is 0 Å². The number of benzene rings is 1. The quantitative estimate of drug-likeness (QED) is 0.255. The van der Waals surface area contributed by atoms with Gasteiger partial charge in [-0.25, -0.2) is 5.01 Å². The molecule has 0 spiro atoms. The Morgan fingerprint density at radius 2 is 1.95 bits per heavy atom. The predicted octanol–water partition coefficient (Wildman–Crippen LogP) is -0.146. The second kappa shape index (κ2) is 10.1. The zero-order valence-electron chi connectivity index (χ0n) is 20.4. The lowest BCUT2D eigenvalue weighted by Gasteiger charge is -2.43. The highest BCUT2D eigenvalue weighted by atomic mass is 16.7. The molecule has 12 nitrogen and oxygen atoms in total. The topological polar surface area (TPSA) is 164 Å². The number of hydrazine groups is 1. The lowest BCUT2D eigenvalue weighted by molar-refractivity contribution is -0.178. The summed E-state index contributed by atoms with van der Waals surface area (Å²) in [6.45, 7) is 2.36. The molecular weight excluding hydrogens is 484 g/mol. The van der Waals surface area contributed by atoms with Gasteiger partial charge in [0, 0.05) is 31.2 Å². The maximum absolute atomic E-state index is 13.8. The number of hydrogen-bond acceptors (Lipinski definition) is 9. The van der Waals surface area contributed by atoms with Crippen LogP contribution in [0.3, 0.4) is 0 Å². The van der Waals surface area contributed by atoms with Gasteiger partial charge in [-0.05, 0) is 50.5 Å². The first-order valence-electron chi connectivity index (χ1n) is 12.6. The maximum atomic E-state index is 13.8. The molecule has 198 valence electrons. The Balaban J connectivity index is 1.32. The molecule has 1 aromatic rings. The molecule has 0 aliphatic carbocycles. The van der Waals surface area contributed by atoms with Gasteiger partial charge in [0.05, 0.1) is 18.4 Å². The smallest absolute Gasteiger partial charge is 0.310 e. The number of rotatable bonds is 7. The van der Waals surface area contributed by atoms with Gasteiger partial charge in [0.25, 0.3) is 0 Å². The number of nitrogens with one attached hydrogen (secondary N) is 2. The van der Waals surface area contributed by atoms with Crippen LogP contribution in [-0.2, 0) is 28.7 Å². The zero-order valence-corrected chi connectivity index (χ0v) is 20.4. The monoisotopic (exact) mass is 514 g/mol. The fourth-order valence-electron chi connectivity index (χ4n) is 5.42. The van der Waals surface area contributed by atoms with Crippen LogP contribution in [0.25, 0.3) is 0 Å². The van der Waals surface area contributed by atoms with E-state index in [1.165, 1.54) is 34.3 Å². The van der Waals surface area contributed by atoms with Crippen LogP contribution >= 0.6 is 0 Å². The summed E-state index contributed by atoms with van der Waals surface area (Å²) in [7, 11) is 0. The van der Waals surface area contributed by atoms with Crippen LogP contribution in [0.1, 0.15) is 49.4 Å². The molecule has 0 bridgehead atoms. The van der Waals surface area contributed by atoms with Gasteiger partial charge in [0.2, 0.25) is 24.0 Å². The number of carbonyl (C=O) groups excluding carboxylic acids is 5. The van der Waals surface area contributed by atoms with Gasteiger partial charge >= 0.3 is 5.97 Å². The molecule has 0 radical (unpaired) electrons. The van der Waals surface area contributed by atoms with Crippen LogP contribution in [0.4, 0.5) is 0 Å². The Hall–Kier alpha value is -3.51.